The molecule has 0 bridgehead atoms. The largest absolute Gasteiger partial charge is 0.310 e. The summed E-state index contributed by atoms with van der Waals surface area (Å²) < 4.78 is 14.7. The number of benzene rings is 1. The Hall–Kier alpha value is -0.410. The fraction of sp³-hybridized carbons (Fsp3) is 0.647. The van der Waals surface area contributed by atoms with Crippen molar-refractivity contribution in [2.45, 2.75) is 59.4 Å². The molecule has 114 valence electrons. The van der Waals surface area contributed by atoms with Crippen molar-refractivity contribution < 1.29 is 4.39 Å². The zero-order valence-corrected chi connectivity index (χ0v) is 14.7. The van der Waals surface area contributed by atoms with Crippen LogP contribution in [0.2, 0.25) is 0 Å². The Bertz CT molecular complexity index is 417. The van der Waals surface area contributed by atoms with Gasteiger partial charge >= 0.3 is 0 Å². The Morgan fingerprint density at radius 1 is 1.30 bits per heavy atom. The Morgan fingerprint density at radius 2 is 2.00 bits per heavy atom. The molecule has 0 aliphatic carbocycles. The first-order chi connectivity index (χ1) is 9.35. The fourth-order valence-electron chi connectivity index (χ4n) is 2.33. The fourth-order valence-corrected chi connectivity index (χ4v) is 2.67. The molecule has 0 saturated heterocycles. The van der Waals surface area contributed by atoms with Gasteiger partial charge in [0.05, 0.1) is 0 Å². The van der Waals surface area contributed by atoms with Crippen LogP contribution in [0.3, 0.4) is 0 Å². The van der Waals surface area contributed by atoms with Crippen molar-refractivity contribution in [3.05, 3.63) is 34.1 Å². The summed E-state index contributed by atoms with van der Waals surface area (Å²) in [6, 6.07) is 5.30. The molecule has 1 aromatic rings. The number of hydrogen-bond acceptors (Lipinski definition) is 1. The van der Waals surface area contributed by atoms with Gasteiger partial charge in [-0.25, -0.2) is 4.39 Å². The van der Waals surface area contributed by atoms with Gasteiger partial charge in [0.1, 0.15) is 5.82 Å². The van der Waals surface area contributed by atoms with E-state index in [1.54, 1.807) is 0 Å². The Morgan fingerprint density at radius 3 is 2.60 bits per heavy atom. The molecule has 1 atom stereocenters. The molecule has 20 heavy (non-hydrogen) atoms. The van der Waals surface area contributed by atoms with Crippen LogP contribution in [0.5, 0.6) is 0 Å². The molecule has 0 heterocycles. The quantitative estimate of drug-likeness (QED) is 0.584. The maximum absolute atomic E-state index is 13.9. The van der Waals surface area contributed by atoms with Gasteiger partial charge in [0.15, 0.2) is 0 Å². The Balaban J connectivity index is 2.51. The SMILES string of the molecule is CCCCCC(C)(C)CNC(C)c1ccc(Br)cc1F. The molecular formula is C17H27BrFN. The highest BCUT2D eigenvalue weighted by molar-refractivity contribution is 9.10. The smallest absolute Gasteiger partial charge is 0.129 e. The maximum Gasteiger partial charge on any atom is 0.129 e. The molecule has 1 rings (SSSR count). The predicted octanol–water partition coefficient (Wildman–Crippen LogP) is 5.85. The van der Waals surface area contributed by atoms with E-state index < -0.39 is 0 Å². The molecule has 1 nitrogen and oxygen atoms in total. The van der Waals surface area contributed by atoms with Gasteiger partial charge in [-0.1, -0.05) is 62.0 Å². The third kappa shape index (κ3) is 5.92. The van der Waals surface area contributed by atoms with E-state index in [2.05, 4.69) is 42.0 Å². The summed E-state index contributed by atoms with van der Waals surface area (Å²) in [7, 11) is 0. The van der Waals surface area contributed by atoms with Gasteiger partial charge in [0.2, 0.25) is 0 Å². The van der Waals surface area contributed by atoms with E-state index in [4.69, 9.17) is 0 Å². The molecule has 0 spiro atoms. The number of hydrogen-bond donors (Lipinski definition) is 1. The number of rotatable bonds is 8. The molecule has 0 amide bonds. The minimum Gasteiger partial charge on any atom is -0.310 e. The molecule has 0 aromatic heterocycles. The van der Waals surface area contributed by atoms with Crippen LogP contribution in [0, 0.1) is 11.2 Å². The second-order valence-corrected chi connectivity index (χ2v) is 7.31. The van der Waals surface area contributed by atoms with E-state index in [0.717, 1.165) is 16.6 Å². The van der Waals surface area contributed by atoms with Crippen molar-refractivity contribution in [1.29, 1.82) is 0 Å². The Kier molecular flexibility index (Phi) is 7.18. The molecule has 0 radical (unpaired) electrons. The van der Waals surface area contributed by atoms with Gasteiger partial charge in [-0.15, -0.1) is 0 Å². The summed E-state index contributed by atoms with van der Waals surface area (Å²) in [5, 5.41) is 3.47. The van der Waals surface area contributed by atoms with Crippen LogP contribution in [-0.4, -0.2) is 6.54 Å². The monoisotopic (exact) mass is 343 g/mol. The third-order valence-electron chi connectivity index (χ3n) is 3.77. The van der Waals surface area contributed by atoms with E-state index in [0.29, 0.717) is 0 Å². The number of unbranched alkanes of at least 4 members (excludes halogenated alkanes) is 2. The number of halogens is 2. The summed E-state index contributed by atoms with van der Waals surface area (Å²) >= 11 is 3.29. The van der Waals surface area contributed by atoms with Crippen LogP contribution in [0.25, 0.3) is 0 Å². The van der Waals surface area contributed by atoms with Crippen LogP contribution in [0.15, 0.2) is 22.7 Å². The first-order valence-corrected chi connectivity index (χ1v) is 8.33. The first kappa shape index (κ1) is 17.6. The van der Waals surface area contributed by atoms with E-state index in [1.807, 2.05) is 19.1 Å². The highest BCUT2D eigenvalue weighted by Gasteiger charge is 2.19. The van der Waals surface area contributed by atoms with Crippen molar-refractivity contribution in [2.24, 2.45) is 5.41 Å². The molecule has 1 N–H and O–H groups in total. The third-order valence-corrected chi connectivity index (χ3v) is 4.27. The second-order valence-electron chi connectivity index (χ2n) is 6.39. The van der Waals surface area contributed by atoms with Crippen molar-refractivity contribution in [3.8, 4) is 0 Å². The van der Waals surface area contributed by atoms with Crippen LogP contribution in [0.1, 0.15) is 65.0 Å². The lowest BCUT2D eigenvalue weighted by molar-refractivity contribution is 0.289. The zero-order chi connectivity index (χ0) is 15.2. The van der Waals surface area contributed by atoms with Crippen LogP contribution in [-0.2, 0) is 0 Å². The molecule has 0 aliphatic heterocycles. The first-order valence-electron chi connectivity index (χ1n) is 7.54. The van der Waals surface area contributed by atoms with Crippen molar-refractivity contribution in [1.82, 2.24) is 5.32 Å². The van der Waals surface area contributed by atoms with Gasteiger partial charge in [0.25, 0.3) is 0 Å². The molecule has 3 heteroatoms. The topological polar surface area (TPSA) is 12.0 Å². The molecule has 1 aromatic carbocycles. The summed E-state index contributed by atoms with van der Waals surface area (Å²) in [6.07, 6.45) is 5.03. The van der Waals surface area contributed by atoms with Crippen molar-refractivity contribution >= 4 is 15.9 Å². The van der Waals surface area contributed by atoms with Gasteiger partial charge < -0.3 is 5.32 Å². The summed E-state index contributed by atoms with van der Waals surface area (Å²) in [5.41, 5.74) is 0.993. The van der Waals surface area contributed by atoms with E-state index in [1.165, 1.54) is 31.7 Å². The van der Waals surface area contributed by atoms with Gasteiger partial charge in [-0.05, 0) is 30.9 Å². The summed E-state index contributed by atoms with van der Waals surface area (Å²) in [5.74, 6) is -0.150. The molecule has 0 aliphatic rings. The molecule has 0 fully saturated rings. The van der Waals surface area contributed by atoms with Crippen molar-refractivity contribution in [2.75, 3.05) is 6.54 Å². The molecule has 1 unspecified atom stereocenters. The van der Waals surface area contributed by atoms with E-state index in [9.17, 15) is 4.39 Å². The normalized spacial score (nSPS) is 13.5. The second kappa shape index (κ2) is 8.14. The van der Waals surface area contributed by atoms with Gasteiger partial charge in [0, 0.05) is 22.6 Å². The van der Waals surface area contributed by atoms with E-state index >= 15 is 0 Å². The standard InChI is InChI=1S/C17H27BrFN/c1-5-6-7-10-17(3,4)12-20-13(2)15-9-8-14(18)11-16(15)19/h8-9,11,13,20H,5-7,10,12H2,1-4H3. The molecule has 0 saturated carbocycles. The maximum atomic E-state index is 13.9. The molecular weight excluding hydrogens is 317 g/mol. The van der Waals surface area contributed by atoms with Crippen LogP contribution in [0.4, 0.5) is 4.39 Å². The lowest BCUT2D eigenvalue weighted by Crippen LogP contribution is -2.31. The average Bonchev–Trinajstić information content (AvgIpc) is 2.36. The lowest BCUT2D eigenvalue weighted by atomic mass is 9.86. The minimum atomic E-state index is -0.150. The van der Waals surface area contributed by atoms with Crippen LogP contribution < -0.4 is 5.32 Å². The van der Waals surface area contributed by atoms with Gasteiger partial charge in [-0.2, -0.15) is 0 Å². The van der Waals surface area contributed by atoms with E-state index in [-0.39, 0.29) is 17.3 Å². The average molecular weight is 344 g/mol. The lowest BCUT2D eigenvalue weighted by Gasteiger charge is -2.27. The predicted molar refractivity (Wildman–Crippen MR) is 88.4 cm³/mol. The minimum absolute atomic E-state index is 0.0357. The van der Waals surface area contributed by atoms with Crippen LogP contribution >= 0.6 is 15.9 Å². The Labute approximate surface area is 131 Å². The highest BCUT2D eigenvalue weighted by Crippen LogP contribution is 2.25. The number of nitrogens with one attached hydrogen (secondary N) is 1. The zero-order valence-electron chi connectivity index (χ0n) is 13.1. The summed E-state index contributed by atoms with van der Waals surface area (Å²) in [4.78, 5) is 0. The van der Waals surface area contributed by atoms with Gasteiger partial charge in [-0.3, -0.25) is 0 Å². The highest BCUT2D eigenvalue weighted by atomic mass is 79.9. The van der Waals surface area contributed by atoms with Crippen molar-refractivity contribution in [3.63, 3.8) is 0 Å². The summed E-state index contributed by atoms with van der Waals surface area (Å²) in [6.45, 7) is 9.71.